The van der Waals surface area contributed by atoms with Gasteiger partial charge in [0.1, 0.15) is 18.2 Å². The van der Waals surface area contributed by atoms with Crippen molar-refractivity contribution in [2.45, 2.75) is 20.5 Å². The quantitative estimate of drug-likeness (QED) is 0.270. The van der Waals surface area contributed by atoms with Crippen molar-refractivity contribution in [3.05, 3.63) is 100 Å². The van der Waals surface area contributed by atoms with Gasteiger partial charge in [0.15, 0.2) is 5.17 Å². The fourth-order valence-electron chi connectivity index (χ4n) is 3.46. The molecule has 0 bridgehead atoms. The van der Waals surface area contributed by atoms with Crippen molar-refractivity contribution in [3.63, 3.8) is 0 Å². The zero-order valence-corrected chi connectivity index (χ0v) is 20.8. The Bertz CT molecular complexity index is 1300. The Morgan fingerprint density at radius 1 is 1.06 bits per heavy atom. The van der Waals surface area contributed by atoms with Gasteiger partial charge in [0.05, 0.1) is 22.8 Å². The number of ether oxygens (including phenoxy) is 2. The van der Waals surface area contributed by atoms with E-state index in [9.17, 15) is 14.0 Å². The van der Waals surface area contributed by atoms with Crippen LogP contribution in [-0.4, -0.2) is 35.1 Å². The Balaban J connectivity index is 1.47. The number of amidine groups is 1. The summed E-state index contributed by atoms with van der Waals surface area (Å²) >= 11 is 1.29. The predicted octanol–water partition coefficient (Wildman–Crippen LogP) is 6.21. The Morgan fingerprint density at radius 2 is 1.81 bits per heavy atom. The summed E-state index contributed by atoms with van der Waals surface area (Å²) in [5, 5.41) is 0.550. The summed E-state index contributed by atoms with van der Waals surface area (Å²) in [5.41, 5.74) is 2.70. The van der Waals surface area contributed by atoms with E-state index < -0.39 is 5.97 Å². The average molecular weight is 505 g/mol. The van der Waals surface area contributed by atoms with Crippen molar-refractivity contribution < 1.29 is 23.5 Å². The third-order valence-corrected chi connectivity index (χ3v) is 6.29. The van der Waals surface area contributed by atoms with E-state index in [1.54, 1.807) is 48.2 Å². The lowest BCUT2D eigenvalue weighted by Gasteiger charge is -2.12. The fraction of sp³-hybridized carbons (Fsp3) is 0.179. The number of hydrogen-bond acceptors (Lipinski definition) is 6. The number of thioether (sulfide) groups is 1. The first-order chi connectivity index (χ1) is 17.5. The summed E-state index contributed by atoms with van der Waals surface area (Å²) in [6.45, 7) is 4.73. The number of esters is 1. The van der Waals surface area contributed by atoms with Crippen LogP contribution in [-0.2, 0) is 16.1 Å². The van der Waals surface area contributed by atoms with Gasteiger partial charge in [-0.3, -0.25) is 9.69 Å². The van der Waals surface area contributed by atoms with Crippen LogP contribution in [0.4, 0.5) is 10.1 Å². The van der Waals surface area contributed by atoms with E-state index in [0.717, 1.165) is 11.1 Å². The number of hydrogen-bond donors (Lipinski definition) is 0. The highest BCUT2D eigenvalue weighted by atomic mass is 32.2. The molecule has 0 aromatic heterocycles. The second-order valence-electron chi connectivity index (χ2n) is 7.81. The molecule has 0 atom stereocenters. The summed E-state index contributed by atoms with van der Waals surface area (Å²) < 4.78 is 23.9. The van der Waals surface area contributed by atoms with E-state index in [1.807, 2.05) is 37.3 Å². The Hall–Kier alpha value is -3.91. The van der Waals surface area contributed by atoms with Crippen LogP contribution >= 0.6 is 11.8 Å². The van der Waals surface area contributed by atoms with Crippen LogP contribution in [0, 0.1) is 5.82 Å². The number of aliphatic imine (C=N–C) groups is 1. The van der Waals surface area contributed by atoms with Crippen LogP contribution in [0.25, 0.3) is 6.08 Å². The highest BCUT2D eigenvalue weighted by Crippen LogP contribution is 2.34. The van der Waals surface area contributed by atoms with Crippen molar-refractivity contribution in [2.75, 3.05) is 13.2 Å². The molecule has 184 valence electrons. The molecule has 1 fully saturated rings. The number of carbonyl (C=O) groups is 2. The number of benzene rings is 3. The molecule has 0 N–H and O–H groups in total. The molecule has 0 radical (unpaired) electrons. The molecule has 0 aliphatic carbocycles. The largest absolute Gasteiger partial charge is 0.489 e. The second-order valence-corrected chi connectivity index (χ2v) is 8.82. The number of halogens is 1. The first-order valence-electron chi connectivity index (χ1n) is 11.5. The molecule has 0 unspecified atom stereocenters. The standard InChI is InChI=1S/C28H25FN2O4S/c1-3-31-26(32)25(36-28(31)30-23-7-5-6-21(17-23)27(33)34-4-2)16-19-10-14-24(15-11-19)35-18-20-8-12-22(29)13-9-20/h5-17H,3-4,18H2,1-2H3. The average Bonchev–Trinajstić information content (AvgIpc) is 3.18. The monoisotopic (exact) mass is 504 g/mol. The molecule has 3 aromatic rings. The number of amides is 1. The van der Waals surface area contributed by atoms with Crippen LogP contribution < -0.4 is 4.74 Å². The van der Waals surface area contributed by atoms with E-state index in [4.69, 9.17) is 9.47 Å². The molecule has 8 heteroatoms. The normalized spacial score (nSPS) is 15.5. The summed E-state index contributed by atoms with van der Waals surface area (Å²) in [4.78, 5) is 31.8. The third-order valence-electron chi connectivity index (χ3n) is 5.28. The van der Waals surface area contributed by atoms with Crippen molar-refractivity contribution in [1.82, 2.24) is 4.90 Å². The number of carbonyl (C=O) groups excluding carboxylic acids is 2. The van der Waals surface area contributed by atoms with Gasteiger partial charge >= 0.3 is 5.97 Å². The van der Waals surface area contributed by atoms with E-state index in [2.05, 4.69) is 4.99 Å². The van der Waals surface area contributed by atoms with Gasteiger partial charge in [-0.1, -0.05) is 30.3 Å². The summed E-state index contributed by atoms with van der Waals surface area (Å²) in [5.74, 6) is -0.145. The SMILES string of the molecule is CCOC(=O)c1cccc(N=C2SC(=Cc3ccc(OCc4ccc(F)cc4)cc3)C(=O)N2CC)c1. The lowest BCUT2D eigenvalue weighted by Crippen LogP contribution is -2.28. The van der Waals surface area contributed by atoms with Crippen LogP contribution in [0.15, 0.2) is 82.7 Å². The van der Waals surface area contributed by atoms with Gasteiger partial charge in [0.25, 0.3) is 5.91 Å². The number of nitrogens with zero attached hydrogens (tertiary/aromatic N) is 2. The van der Waals surface area contributed by atoms with E-state index >= 15 is 0 Å². The highest BCUT2D eigenvalue weighted by molar-refractivity contribution is 8.18. The zero-order valence-electron chi connectivity index (χ0n) is 19.9. The topological polar surface area (TPSA) is 68.2 Å². The van der Waals surface area contributed by atoms with Crippen LogP contribution in [0.5, 0.6) is 5.75 Å². The number of likely N-dealkylation sites (N-methyl/N-ethyl adjacent to an activating group) is 1. The molecular weight excluding hydrogens is 479 g/mol. The molecule has 4 rings (SSSR count). The maximum Gasteiger partial charge on any atom is 0.338 e. The molecule has 6 nitrogen and oxygen atoms in total. The predicted molar refractivity (Wildman–Crippen MR) is 140 cm³/mol. The Kier molecular flexibility index (Phi) is 8.17. The zero-order chi connectivity index (χ0) is 25.5. The number of rotatable bonds is 8. The van der Waals surface area contributed by atoms with Crippen molar-refractivity contribution >= 4 is 40.6 Å². The Labute approximate surface area is 213 Å². The molecule has 1 saturated heterocycles. The first-order valence-corrected chi connectivity index (χ1v) is 12.3. The molecular formula is C28H25FN2O4S. The molecule has 0 saturated carbocycles. The van der Waals surface area contributed by atoms with Gasteiger partial charge in [-0.25, -0.2) is 14.2 Å². The minimum Gasteiger partial charge on any atom is -0.489 e. The van der Waals surface area contributed by atoms with E-state index in [0.29, 0.717) is 46.8 Å². The van der Waals surface area contributed by atoms with Gasteiger partial charge in [-0.2, -0.15) is 0 Å². The molecule has 1 aliphatic heterocycles. The lowest BCUT2D eigenvalue weighted by atomic mass is 10.2. The van der Waals surface area contributed by atoms with Gasteiger partial charge in [-0.05, 0) is 85.3 Å². The van der Waals surface area contributed by atoms with Crippen molar-refractivity contribution in [2.24, 2.45) is 4.99 Å². The maximum absolute atomic E-state index is 13.0. The van der Waals surface area contributed by atoms with E-state index in [-0.39, 0.29) is 11.7 Å². The van der Waals surface area contributed by atoms with Crippen molar-refractivity contribution in [1.29, 1.82) is 0 Å². The third kappa shape index (κ3) is 6.20. The molecule has 3 aromatic carbocycles. The molecule has 1 amide bonds. The second kappa shape index (κ2) is 11.7. The summed E-state index contributed by atoms with van der Waals surface area (Å²) in [7, 11) is 0. The summed E-state index contributed by atoms with van der Waals surface area (Å²) in [6.07, 6.45) is 1.82. The first kappa shape index (κ1) is 25.2. The molecule has 1 aliphatic rings. The van der Waals surface area contributed by atoms with Gasteiger partial charge in [0.2, 0.25) is 0 Å². The minimum absolute atomic E-state index is 0.126. The van der Waals surface area contributed by atoms with Gasteiger partial charge < -0.3 is 9.47 Å². The van der Waals surface area contributed by atoms with Crippen LogP contribution in [0.3, 0.4) is 0 Å². The van der Waals surface area contributed by atoms with Gasteiger partial charge in [0, 0.05) is 6.54 Å². The minimum atomic E-state index is -0.410. The van der Waals surface area contributed by atoms with Crippen LogP contribution in [0.2, 0.25) is 0 Å². The Morgan fingerprint density at radius 3 is 2.50 bits per heavy atom. The van der Waals surface area contributed by atoms with E-state index in [1.165, 1.54) is 23.9 Å². The lowest BCUT2D eigenvalue weighted by molar-refractivity contribution is -0.122. The fourth-order valence-corrected chi connectivity index (χ4v) is 4.52. The van der Waals surface area contributed by atoms with Gasteiger partial charge in [-0.15, -0.1) is 0 Å². The molecule has 0 spiro atoms. The van der Waals surface area contributed by atoms with Crippen LogP contribution in [0.1, 0.15) is 35.3 Å². The molecule has 1 heterocycles. The highest BCUT2D eigenvalue weighted by Gasteiger charge is 2.32. The molecule has 36 heavy (non-hydrogen) atoms. The maximum atomic E-state index is 13.0. The van der Waals surface area contributed by atoms with Crippen molar-refractivity contribution in [3.8, 4) is 5.75 Å². The smallest absolute Gasteiger partial charge is 0.338 e. The summed E-state index contributed by atoms with van der Waals surface area (Å²) in [6, 6.07) is 20.4.